The number of hydrogen-bond acceptors (Lipinski definition) is 3. The number of methoxy groups -OCH3 is 1. The van der Waals surface area contributed by atoms with Gasteiger partial charge in [0.25, 0.3) is 0 Å². The quantitative estimate of drug-likeness (QED) is 0.709. The number of aliphatic carboxylic acids is 1. The molecular weight excluding hydrogens is 246 g/mol. The number of allylic oxidation sites excluding steroid dienone is 2. The molecule has 0 radical (unpaired) electrons. The summed E-state index contributed by atoms with van der Waals surface area (Å²) >= 11 is 0. The number of carbonyl (C=O) groups is 2. The van der Waals surface area contributed by atoms with Crippen molar-refractivity contribution in [1.82, 2.24) is 4.90 Å². The highest BCUT2D eigenvalue weighted by molar-refractivity contribution is 5.86. The van der Waals surface area contributed by atoms with Crippen molar-refractivity contribution in [2.24, 2.45) is 5.92 Å². The van der Waals surface area contributed by atoms with Crippen molar-refractivity contribution >= 4 is 11.9 Å². The number of carboxylic acids is 1. The minimum absolute atomic E-state index is 0.160. The molecule has 2 atom stereocenters. The molecular formula is C14H21NO4. The first-order chi connectivity index (χ1) is 9.04. The molecule has 0 aliphatic carbocycles. The Morgan fingerprint density at radius 2 is 2.00 bits per heavy atom. The van der Waals surface area contributed by atoms with Crippen molar-refractivity contribution in [3.8, 4) is 0 Å². The number of amides is 1. The van der Waals surface area contributed by atoms with Gasteiger partial charge in [-0.15, -0.1) is 13.2 Å². The van der Waals surface area contributed by atoms with Crippen LogP contribution in [0.5, 0.6) is 0 Å². The number of likely N-dealkylation sites (tertiary alicyclic amines) is 1. The van der Waals surface area contributed by atoms with Gasteiger partial charge in [0.2, 0.25) is 5.91 Å². The number of hydrogen-bond donors (Lipinski definition) is 1. The van der Waals surface area contributed by atoms with Crippen molar-refractivity contribution in [3.05, 3.63) is 25.3 Å². The van der Waals surface area contributed by atoms with Gasteiger partial charge < -0.3 is 14.7 Å². The maximum Gasteiger partial charge on any atom is 0.326 e. The second kappa shape index (κ2) is 7.09. The highest BCUT2D eigenvalue weighted by Crippen LogP contribution is 2.24. The molecule has 1 rings (SSSR count). The lowest BCUT2D eigenvalue weighted by Gasteiger charge is -2.25. The van der Waals surface area contributed by atoms with Crippen LogP contribution in [0.4, 0.5) is 0 Å². The third kappa shape index (κ3) is 3.67. The number of nitrogens with zero attached hydrogens (tertiary/aromatic N) is 1. The van der Waals surface area contributed by atoms with E-state index in [1.54, 1.807) is 12.2 Å². The Morgan fingerprint density at radius 1 is 1.42 bits per heavy atom. The Bertz CT molecular complexity index is 356. The van der Waals surface area contributed by atoms with Crippen LogP contribution in [0.15, 0.2) is 25.3 Å². The summed E-state index contributed by atoms with van der Waals surface area (Å²) < 4.78 is 5.17. The standard InChI is InChI=1S/C14H21NO4/c1-4-6-10(7-5-2)13(16)15-9-11(19-3)8-12(15)14(17)18/h4-5,10-12H,1-2,6-9H2,3H3,(H,17,18). The number of rotatable bonds is 7. The molecule has 106 valence electrons. The van der Waals surface area contributed by atoms with Crippen molar-refractivity contribution in [2.45, 2.75) is 31.4 Å². The van der Waals surface area contributed by atoms with Gasteiger partial charge in [-0.2, -0.15) is 0 Å². The van der Waals surface area contributed by atoms with E-state index in [1.807, 2.05) is 0 Å². The Hall–Kier alpha value is -1.62. The van der Waals surface area contributed by atoms with E-state index in [4.69, 9.17) is 4.74 Å². The number of carbonyl (C=O) groups excluding carboxylic acids is 1. The third-order valence-corrected chi connectivity index (χ3v) is 3.42. The zero-order valence-electron chi connectivity index (χ0n) is 11.2. The van der Waals surface area contributed by atoms with Gasteiger partial charge in [-0.1, -0.05) is 12.2 Å². The predicted octanol–water partition coefficient (Wildman–Crippen LogP) is 1.46. The van der Waals surface area contributed by atoms with E-state index in [9.17, 15) is 14.7 Å². The van der Waals surface area contributed by atoms with Crippen molar-refractivity contribution in [2.75, 3.05) is 13.7 Å². The molecule has 19 heavy (non-hydrogen) atoms. The molecule has 1 fully saturated rings. The Kier molecular flexibility index (Phi) is 5.76. The van der Waals surface area contributed by atoms with Crippen molar-refractivity contribution < 1.29 is 19.4 Å². The fourth-order valence-electron chi connectivity index (χ4n) is 2.38. The van der Waals surface area contributed by atoms with Gasteiger partial charge in [0.1, 0.15) is 6.04 Å². The molecule has 0 aromatic rings. The summed E-state index contributed by atoms with van der Waals surface area (Å²) in [6.45, 7) is 7.59. The van der Waals surface area contributed by atoms with Crippen LogP contribution < -0.4 is 0 Å². The van der Waals surface area contributed by atoms with Gasteiger partial charge >= 0.3 is 5.97 Å². The fraction of sp³-hybridized carbons (Fsp3) is 0.571. The summed E-state index contributed by atoms with van der Waals surface area (Å²) in [6.07, 6.45) is 4.51. The smallest absolute Gasteiger partial charge is 0.326 e. The molecule has 0 saturated carbocycles. The topological polar surface area (TPSA) is 66.8 Å². The summed E-state index contributed by atoms with van der Waals surface area (Å²) in [5.41, 5.74) is 0. The summed E-state index contributed by atoms with van der Waals surface area (Å²) in [6, 6.07) is -0.797. The fourth-order valence-corrected chi connectivity index (χ4v) is 2.38. The molecule has 2 unspecified atom stereocenters. The Balaban J connectivity index is 2.84. The van der Waals surface area contributed by atoms with Gasteiger partial charge in [-0.25, -0.2) is 4.79 Å². The zero-order valence-corrected chi connectivity index (χ0v) is 11.2. The van der Waals surface area contributed by atoms with E-state index in [1.165, 1.54) is 12.0 Å². The molecule has 1 heterocycles. The molecule has 1 saturated heterocycles. The van der Waals surface area contributed by atoms with Crippen LogP contribution in [-0.2, 0) is 14.3 Å². The van der Waals surface area contributed by atoms with Crippen molar-refractivity contribution in [1.29, 1.82) is 0 Å². The SMILES string of the molecule is C=CCC(CC=C)C(=O)N1CC(OC)CC1C(=O)O. The average molecular weight is 267 g/mol. The normalized spacial score (nSPS) is 22.5. The van der Waals surface area contributed by atoms with Crippen LogP contribution in [-0.4, -0.2) is 47.7 Å². The van der Waals surface area contributed by atoms with Crippen molar-refractivity contribution in [3.63, 3.8) is 0 Å². The van der Waals surface area contributed by atoms with Crippen LogP contribution in [0.2, 0.25) is 0 Å². The average Bonchev–Trinajstić information content (AvgIpc) is 2.82. The minimum atomic E-state index is -0.983. The Labute approximate surface area is 113 Å². The summed E-state index contributed by atoms with van der Waals surface area (Å²) in [5.74, 6) is -1.43. The molecule has 0 aromatic heterocycles. The van der Waals surface area contributed by atoms with E-state index < -0.39 is 12.0 Å². The second-order valence-corrected chi connectivity index (χ2v) is 4.68. The molecule has 1 amide bonds. The van der Waals surface area contributed by atoms with Gasteiger partial charge in [0.05, 0.1) is 6.10 Å². The second-order valence-electron chi connectivity index (χ2n) is 4.68. The largest absolute Gasteiger partial charge is 0.480 e. The highest BCUT2D eigenvalue weighted by atomic mass is 16.5. The molecule has 1 aliphatic rings. The molecule has 0 bridgehead atoms. The van der Waals surface area contributed by atoms with E-state index in [-0.39, 0.29) is 17.9 Å². The summed E-state index contributed by atoms with van der Waals surface area (Å²) in [7, 11) is 1.53. The Morgan fingerprint density at radius 3 is 2.42 bits per heavy atom. The monoisotopic (exact) mass is 267 g/mol. The van der Waals surface area contributed by atoms with Gasteiger partial charge in [0.15, 0.2) is 0 Å². The molecule has 5 heteroatoms. The minimum Gasteiger partial charge on any atom is -0.480 e. The number of carboxylic acid groups (broad SMARTS) is 1. The molecule has 0 aromatic carbocycles. The molecule has 1 N–H and O–H groups in total. The lowest BCUT2D eigenvalue weighted by Crippen LogP contribution is -2.43. The lowest BCUT2D eigenvalue weighted by atomic mass is 9.99. The third-order valence-electron chi connectivity index (χ3n) is 3.42. The van der Waals surface area contributed by atoms with Crippen LogP contribution in [0.3, 0.4) is 0 Å². The molecule has 5 nitrogen and oxygen atoms in total. The van der Waals surface area contributed by atoms with E-state index >= 15 is 0 Å². The van der Waals surface area contributed by atoms with Crippen LogP contribution in [0.25, 0.3) is 0 Å². The molecule has 0 spiro atoms. The summed E-state index contributed by atoms with van der Waals surface area (Å²) in [4.78, 5) is 25.1. The summed E-state index contributed by atoms with van der Waals surface area (Å²) in [5, 5.41) is 9.20. The van der Waals surface area contributed by atoms with Crippen LogP contribution in [0.1, 0.15) is 19.3 Å². The maximum atomic E-state index is 12.4. The van der Waals surface area contributed by atoms with Crippen LogP contribution in [0, 0.1) is 5.92 Å². The lowest BCUT2D eigenvalue weighted by molar-refractivity contribution is -0.149. The first kappa shape index (κ1) is 15.4. The van der Waals surface area contributed by atoms with E-state index in [0.717, 1.165) is 0 Å². The predicted molar refractivity (Wildman–Crippen MR) is 71.7 cm³/mol. The maximum absolute atomic E-state index is 12.4. The van der Waals surface area contributed by atoms with Gasteiger partial charge in [-0.3, -0.25) is 4.79 Å². The van der Waals surface area contributed by atoms with Gasteiger partial charge in [0, 0.05) is 26.0 Å². The highest BCUT2D eigenvalue weighted by Gasteiger charge is 2.41. The van der Waals surface area contributed by atoms with Crippen LogP contribution >= 0.6 is 0 Å². The van der Waals surface area contributed by atoms with E-state index in [2.05, 4.69) is 13.2 Å². The molecule has 1 aliphatic heterocycles. The first-order valence-corrected chi connectivity index (χ1v) is 6.33. The van der Waals surface area contributed by atoms with E-state index in [0.29, 0.717) is 25.8 Å². The van der Waals surface area contributed by atoms with Gasteiger partial charge in [-0.05, 0) is 12.8 Å². The number of ether oxygens (including phenoxy) is 1. The first-order valence-electron chi connectivity index (χ1n) is 6.33. The zero-order chi connectivity index (χ0) is 14.4.